The maximum absolute atomic E-state index is 14.0. The van der Waals surface area contributed by atoms with Crippen molar-refractivity contribution in [3.8, 4) is 22.6 Å². The van der Waals surface area contributed by atoms with Gasteiger partial charge in [0, 0.05) is 32.5 Å². The number of benzene rings is 4. The second kappa shape index (κ2) is 13.6. The molecular weight excluding hydrogens is 593 g/mol. The molecular formula is C37H38N4O4Si. The zero-order valence-electron chi connectivity index (χ0n) is 26.4. The smallest absolute Gasteiger partial charge is 0.336 e. The first-order valence-corrected chi connectivity index (χ1v) is 19.2. The number of aromatic nitrogens is 4. The quantitative estimate of drug-likeness (QED) is 0.108. The average molecular weight is 631 g/mol. The predicted octanol–water partition coefficient (Wildman–Crippen LogP) is 6.96. The van der Waals surface area contributed by atoms with Crippen LogP contribution in [-0.4, -0.2) is 33.6 Å². The molecule has 2 aromatic heterocycles. The van der Waals surface area contributed by atoms with E-state index >= 15 is 0 Å². The fraction of sp³-hybridized carbons (Fsp3) is 0.216. The molecule has 0 saturated heterocycles. The molecule has 0 spiro atoms. The molecule has 6 rings (SSSR count). The maximum Gasteiger partial charge on any atom is 0.336 e. The Morgan fingerprint density at radius 1 is 0.783 bits per heavy atom. The molecule has 0 atom stereocenters. The Hall–Kier alpha value is -4.99. The van der Waals surface area contributed by atoms with Crippen molar-refractivity contribution in [3.63, 3.8) is 0 Å². The Balaban J connectivity index is 1.24. The van der Waals surface area contributed by atoms with Crippen molar-refractivity contribution in [2.75, 3.05) is 6.61 Å². The van der Waals surface area contributed by atoms with E-state index in [1.807, 2.05) is 95.9 Å². The Morgan fingerprint density at radius 3 is 2.33 bits per heavy atom. The van der Waals surface area contributed by atoms with Crippen LogP contribution in [0.3, 0.4) is 0 Å². The molecule has 0 unspecified atom stereocenters. The summed E-state index contributed by atoms with van der Waals surface area (Å²) in [4.78, 5) is 27.7. The number of rotatable bonds is 12. The fourth-order valence-electron chi connectivity index (χ4n) is 5.26. The molecule has 0 aliphatic carbocycles. The van der Waals surface area contributed by atoms with E-state index in [9.17, 15) is 9.59 Å². The van der Waals surface area contributed by atoms with E-state index in [0.717, 1.165) is 34.9 Å². The van der Waals surface area contributed by atoms with E-state index in [1.54, 1.807) is 28.8 Å². The van der Waals surface area contributed by atoms with Crippen molar-refractivity contribution in [3.05, 3.63) is 147 Å². The number of nitrogens with zero attached hydrogens (tertiary/aromatic N) is 4. The highest BCUT2D eigenvalue weighted by Gasteiger charge is 2.16. The first kappa shape index (κ1) is 31.0. The van der Waals surface area contributed by atoms with Gasteiger partial charge in [-0.15, -0.1) is 0 Å². The van der Waals surface area contributed by atoms with Gasteiger partial charge in [0.1, 0.15) is 19.1 Å². The van der Waals surface area contributed by atoms with E-state index < -0.39 is 13.8 Å². The monoisotopic (exact) mass is 630 g/mol. The lowest BCUT2D eigenvalue weighted by Crippen LogP contribution is -2.39. The Bertz CT molecular complexity index is 2060. The van der Waals surface area contributed by atoms with Gasteiger partial charge in [-0.25, -0.2) is 14.0 Å². The van der Waals surface area contributed by atoms with Gasteiger partial charge in [0.05, 0.1) is 29.3 Å². The molecule has 0 aliphatic heterocycles. The van der Waals surface area contributed by atoms with E-state index in [2.05, 4.69) is 24.7 Å². The van der Waals surface area contributed by atoms with Crippen LogP contribution >= 0.6 is 0 Å². The van der Waals surface area contributed by atoms with Crippen molar-refractivity contribution >= 4 is 19.0 Å². The summed E-state index contributed by atoms with van der Waals surface area (Å²) in [5.74, 6) is 0.574. The van der Waals surface area contributed by atoms with E-state index in [-0.39, 0.29) is 5.56 Å². The molecule has 9 heteroatoms. The summed E-state index contributed by atoms with van der Waals surface area (Å²) in [6.45, 7) is 8.86. The van der Waals surface area contributed by atoms with Crippen molar-refractivity contribution in [2.24, 2.45) is 0 Å². The van der Waals surface area contributed by atoms with Crippen molar-refractivity contribution < 1.29 is 9.47 Å². The highest BCUT2D eigenvalue weighted by Crippen LogP contribution is 2.21. The molecule has 4 aromatic carbocycles. The lowest BCUT2D eigenvalue weighted by atomic mass is 10.1. The van der Waals surface area contributed by atoms with Gasteiger partial charge in [0.15, 0.2) is 0 Å². The first-order chi connectivity index (χ1) is 22.2. The Labute approximate surface area is 269 Å². The van der Waals surface area contributed by atoms with Gasteiger partial charge in [-0.05, 0) is 47.0 Å². The predicted molar refractivity (Wildman–Crippen MR) is 185 cm³/mol. The van der Waals surface area contributed by atoms with Crippen molar-refractivity contribution in [2.45, 2.75) is 45.6 Å². The van der Waals surface area contributed by atoms with Crippen LogP contribution in [0.1, 0.15) is 11.1 Å². The lowest BCUT2D eigenvalue weighted by molar-refractivity contribution is 0.0786. The van der Waals surface area contributed by atoms with Crippen LogP contribution in [0.5, 0.6) is 5.75 Å². The molecule has 2 heterocycles. The van der Waals surface area contributed by atoms with Crippen LogP contribution in [0, 0.1) is 0 Å². The largest absolute Gasteiger partial charge is 0.489 e. The molecule has 0 aliphatic rings. The molecule has 0 fully saturated rings. The minimum atomic E-state index is -1.13. The summed E-state index contributed by atoms with van der Waals surface area (Å²) in [6, 6.07) is 33.4. The molecule has 0 amide bonds. The van der Waals surface area contributed by atoms with Gasteiger partial charge in [-0.1, -0.05) is 92.4 Å². The molecule has 0 N–H and O–H groups in total. The van der Waals surface area contributed by atoms with E-state index in [0.29, 0.717) is 42.2 Å². The topological polar surface area (TPSA) is 80.3 Å². The number of fused-ring (bicyclic) bond motifs is 1. The Kier molecular flexibility index (Phi) is 9.14. The summed E-state index contributed by atoms with van der Waals surface area (Å²) >= 11 is 0. The third-order valence-electron chi connectivity index (χ3n) is 7.86. The standard InChI is InChI=1S/C37H38N4O4Si/c1-46(2,3)21-20-44-27-39-25-31(23-38-39)30-18-16-28(17-19-30)24-40-35-15-8-7-14-34(35)36(42)41(37(40)43)32-12-9-13-33(22-32)45-26-29-10-5-4-6-11-29/h4-19,22-23,25H,20-21,24,26-27H2,1-3H3. The number of hydrogen-bond donors (Lipinski definition) is 0. The van der Waals surface area contributed by atoms with Crippen LogP contribution in [0.15, 0.2) is 125 Å². The van der Waals surface area contributed by atoms with Gasteiger partial charge in [-0.3, -0.25) is 9.36 Å². The molecule has 0 bridgehead atoms. The van der Waals surface area contributed by atoms with Crippen LogP contribution in [0.2, 0.25) is 25.7 Å². The summed E-state index contributed by atoms with van der Waals surface area (Å²) < 4.78 is 16.5. The molecule has 0 radical (unpaired) electrons. The summed E-state index contributed by atoms with van der Waals surface area (Å²) in [5, 5.41) is 4.93. The Morgan fingerprint density at radius 2 is 1.54 bits per heavy atom. The van der Waals surface area contributed by atoms with E-state index in [1.165, 1.54) is 4.57 Å². The van der Waals surface area contributed by atoms with Gasteiger partial charge in [0.2, 0.25) is 0 Å². The normalized spacial score (nSPS) is 11.6. The summed E-state index contributed by atoms with van der Waals surface area (Å²) in [7, 11) is -1.13. The fourth-order valence-corrected chi connectivity index (χ4v) is 6.02. The second-order valence-corrected chi connectivity index (χ2v) is 18.2. The minimum Gasteiger partial charge on any atom is -0.489 e. The third kappa shape index (κ3) is 7.27. The van der Waals surface area contributed by atoms with Gasteiger partial charge in [-0.2, -0.15) is 5.10 Å². The minimum absolute atomic E-state index is 0.300. The molecule has 8 nitrogen and oxygen atoms in total. The maximum atomic E-state index is 14.0. The highest BCUT2D eigenvalue weighted by molar-refractivity contribution is 6.76. The molecule has 0 saturated carbocycles. The molecule has 6 aromatic rings. The second-order valence-electron chi connectivity index (χ2n) is 12.6. The summed E-state index contributed by atoms with van der Waals surface area (Å²) in [6.07, 6.45) is 3.82. The van der Waals surface area contributed by atoms with Gasteiger partial charge < -0.3 is 9.47 Å². The van der Waals surface area contributed by atoms with Crippen LogP contribution in [-0.2, 0) is 24.6 Å². The molecule has 46 heavy (non-hydrogen) atoms. The average Bonchev–Trinajstić information content (AvgIpc) is 3.54. The van der Waals surface area contributed by atoms with Crippen LogP contribution < -0.4 is 16.0 Å². The van der Waals surface area contributed by atoms with Gasteiger partial charge in [0.25, 0.3) is 5.56 Å². The lowest BCUT2D eigenvalue weighted by Gasteiger charge is -2.15. The van der Waals surface area contributed by atoms with Crippen LogP contribution in [0.4, 0.5) is 0 Å². The highest BCUT2D eigenvalue weighted by atomic mass is 28.3. The van der Waals surface area contributed by atoms with Crippen molar-refractivity contribution in [1.29, 1.82) is 0 Å². The van der Waals surface area contributed by atoms with Gasteiger partial charge >= 0.3 is 5.69 Å². The SMILES string of the molecule is C[Si](C)(C)CCOCn1cc(-c2ccc(Cn3c(=O)n(-c4cccc(OCc5ccccc5)c4)c(=O)c4ccccc43)cc2)cn1. The zero-order valence-corrected chi connectivity index (χ0v) is 27.4. The summed E-state index contributed by atoms with van der Waals surface area (Å²) in [5.41, 5.74) is 4.24. The van der Waals surface area contributed by atoms with Crippen molar-refractivity contribution in [1.82, 2.24) is 18.9 Å². The number of ether oxygens (including phenoxy) is 2. The third-order valence-corrected chi connectivity index (χ3v) is 9.56. The zero-order chi connectivity index (χ0) is 32.1. The molecule has 234 valence electrons. The first-order valence-electron chi connectivity index (χ1n) is 15.5. The van der Waals surface area contributed by atoms with E-state index in [4.69, 9.17) is 9.47 Å². The number of hydrogen-bond acceptors (Lipinski definition) is 5. The number of para-hydroxylation sites is 1. The van der Waals surface area contributed by atoms with Crippen LogP contribution in [0.25, 0.3) is 27.7 Å².